The van der Waals surface area contributed by atoms with Gasteiger partial charge in [-0.2, -0.15) is 4.98 Å². The number of rotatable bonds is 7. The summed E-state index contributed by atoms with van der Waals surface area (Å²) >= 11 is 1.45. The molecule has 0 spiro atoms. The van der Waals surface area contributed by atoms with E-state index in [9.17, 15) is 9.59 Å². The zero-order valence-corrected chi connectivity index (χ0v) is 21.6. The summed E-state index contributed by atoms with van der Waals surface area (Å²) in [6.07, 6.45) is 0. The fourth-order valence-corrected chi connectivity index (χ4v) is 5.20. The third-order valence-corrected chi connectivity index (χ3v) is 7.09. The standard InChI is InChI=1S/C27H25N3O6S/c1-5-34-27(32)22-15(2)35-25-24(23(22)21-7-6-12-37-21)26(31)30(16(3)28-25)14-19-13-20(29-36-19)17-8-10-18(33-4)11-9-17/h6-13,23H,5,14H2,1-4H3. The summed E-state index contributed by atoms with van der Waals surface area (Å²) in [5, 5.41) is 6.06. The number of hydrogen-bond acceptors (Lipinski definition) is 9. The quantitative estimate of drug-likeness (QED) is 0.324. The lowest BCUT2D eigenvalue weighted by Gasteiger charge is -2.27. The van der Waals surface area contributed by atoms with Crippen LogP contribution in [0.25, 0.3) is 11.3 Å². The molecule has 0 amide bonds. The molecule has 4 heterocycles. The topological polar surface area (TPSA) is 106 Å². The van der Waals surface area contributed by atoms with Crippen molar-refractivity contribution >= 4 is 17.3 Å². The summed E-state index contributed by atoms with van der Waals surface area (Å²) in [4.78, 5) is 32.3. The molecule has 0 aliphatic carbocycles. The second-order valence-corrected chi connectivity index (χ2v) is 9.40. The number of fused-ring (bicyclic) bond motifs is 1. The number of thiophene rings is 1. The normalized spacial score (nSPS) is 14.8. The molecule has 5 rings (SSSR count). The molecule has 0 radical (unpaired) electrons. The van der Waals surface area contributed by atoms with E-state index >= 15 is 0 Å². The highest BCUT2D eigenvalue weighted by Gasteiger charge is 2.39. The fourth-order valence-electron chi connectivity index (χ4n) is 4.36. The van der Waals surface area contributed by atoms with Crippen molar-refractivity contribution in [2.75, 3.05) is 13.7 Å². The molecule has 9 nitrogen and oxygen atoms in total. The number of allylic oxidation sites excluding steroid dienone is 1. The first kappa shape index (κ1) is 24.5. The maximum absolute atomic E-state index is 13.9. The van der Waals surface area contributed by atoms with Crippen molar-refractivity contribution in [3.05, 3.63) is 91.6 Å². The van der Waals surface area contributed by atoms with Crippen LogP contribution in [0.4, 0.5) is 0 Å². The largest absolute Gasteiger partial charge is 0.497 e. The Kier molecular flexibility index (Phi) is 6.66. The van der Waals surface area contributed by atoms with Gasteiger partial charge in [0.05, 0.1) is 37.3 Å². The highest BCUT2D eigenvalue weighted by atomic mass is 32.1. The molecule has 0 fully saturated rings. The number of aryl methyl sites for hydroxylation is 1. The molecule has 0 bridgehead atoms. The van der Waals surface area contributed by atoms with E-state index in [4.69, 9.17) is 18.7 Å². The van der Waals surface area contributed by atoms with Crippen LogP contribution in [0.15, 0.2) is 68.5 Å². The van der Waals surface area contributed by atoms with Crippen LogP contribution in [-0.4, -0.2) is 34.4 Å². The molecule has 1 unspecified atom stereocenters. The Morgan fingerprint density at radius 3 is 2.65 bits per heavy atom. The summed E-state index contributed by atoms with van der Waals surface area (Å²) in [6, 6.07) is 13.0. The second kappa shape index (κ2) is 10.1. The zero-order chi connectivity index (χ0) is 26.1. The van der Waals surface area contributed by atoms with E-state index in [1.54, 1.807) is 33.9 Å². The number of carbonyl (C=O) groups is 1. The summed E-state index contributed by atoms with van der Waals surface area (Å²) in [6.45, 7) is 5.47. The van der Waals surface area contributed by atoms with Gasteiger partial charge in [-0.15, -0.1) is 11.3 Å². The number of benzene rings is 1. The van der Waals surface area contributed by atoms with E-state index in [1.807, 2.05) is 41.8 Å². The van der Waals surface area contributed by atoms with Gasteiger partial charge in [-0.25, -0.2) is 4.79 Å². The van der Waals surface area contributed by atoms with Crippen molar-refractivity contribution in [1.29, 1.82) is 0 Å². The van der Waals surface area contributed by atoms with E-state index in [-0.39, 0.29) is 30.2 Å². The lowest BCUT2D eigenvalue weighted by Crippen LogP contribution is -2.34. The van der Waals surface area contributed by atoms with Crippen LogP contribution >= 0.6 is 11.3 Å². The van der Waals surface area contributed by atoms with Crippen molar-refractivity contribution in [3.8, 4) is 22.9 Å². The lowest BCUT2D eigenvalue weighted by molar-refractivity contribution is -0.139. The predicted molar refractivity (Wildman–Crippen MR) is 137 cm³/mol. The minimum Gasteiger partial charge on any atom is -0.497 e. The van der Waals surface area contributed by atoms with Gasteiger partial charge in [-0.05, 0) is 56.5 Å². The highest BCUT2D eigenvalue weighted by molar-refractivity contribution is 7.10. The Bertz CT molecular complexity index is 1530. The molecular formula is C27H25N3O6S. The molecule has 0 saturated carbocycles. The maximum atomic E-state index is 13.9. The van der Waals surface area contributed by atoms with Gasteiger partial charge < -0.3 is 18.7 Å². The number of nitrogens with zero attached hydrogens (tertiary/aromatic N) is 3. The van der Waals surface area contributed by atoms with Crippen molar-refractivity contribution in [2.24, 2.45) is 0 Å². The Hall–Kier alpha value is -4.18. The van der Waals surface area contributed by atoms with Gasteiger partial charge >= 0.3 is 5.97 Å². The summed E-state index contributed by atoms with van der Waals surface area (Å²) in [5.41, 5.74) is 1.76. The van der Waals surface area contributed by atoms with Crippen molar-refractivity contribution in [3.63, 3.8) is 0 Å². The molecule has 3 aromatic heterocycles. The third kappa shape index (κ3) is 4.55. The molecule has 37 heavy (non-hydrogen) atoms. The highest BCUT2D eigenvalue weighted by Crippen LogP contribution is 2.42. The van der Waals surface area contributed by atoms with Gasteiger partial charge in [-0.1, -0.05) is 11.2 Å². The molecule has 1 atom stereocenters. The van der Waals surface area contributed by atoms with Gasteiger partial charge in [-0.3, -0.25) is 9.36 Å². The molecule has 1 aliphatic heterocycles. The first-order valence-corrected chi connectivity index (χ1v) is 12.6. The van der Waals surface area contributed by atoms with E-state index in [1.165, 1.54) is 15.9 Å². The molecular weight excluding hydrogens is 494 g/mol. The van der Waals surface area contributed by atoms with Gasteiger partial charge in [0, 0.05) is 16.5 Å². The van der Waals surface area contributed by atoms with E-state index in [0.717, 1.165) is 16.2 Å². The van der Waals surface area contributed by atoms with Gasteiger partial charge in [0.1, 0.15) is 23.0 Å². The zero-order valence-electron chi connectivity index (χ0n) is 20.8. The molecule has 0 saturated heterocycles. The van der Waals surface area contributed by atoms with Crippen LogP contribution < -0.4 is 15.0 Å². The molecule has 10 heteroatoms. The second-order valence-electron chi connectivity index (χ2n) is 8.42. The molecule has 4 aromatic rings. The molecule has 1 aromatic carbocycles. The minimum absolute atomic E-state index is 0.114. The Morgan fingerprint density at radius 1 is 1.19 bits per heavy atom. The summed E-state index contributed by atoms with van der Waals surface area (Å²) in [7, 11) is 1.61. The number of methoxy groups -OCH3 is 1. The molecule has 1 aliphatic rings. The number of ether oxygens (including phenoxy) is 3. The smallest absolute Gasteiger partial charge is 0.338 e. The van der Waals surface area contributed by atoms with Crippen molar-refractivity contribution in [2.45, 2.75) is 33.2 Å². The first-order chi connectivity index (χ1) is 17.9. The first-order valence-electron chi connectivity index (χ1n) is 11.7. The van der Waals surface area contributed by atoms with Crippen LogP contribution in [0.2, 0.25) is 0 Å². The Balaban J connectivity index is 1.55. The summed E-state index contributed by atoms with van der Waals surface area (Å²) < 4.78 is 23.5. The number of hydrogen-bond donors (Lipinski definition) is 0. The van der Waals surface area contributed by atoms with Crippen LogP contribution in [0.5, 0.6) is 11.6 Å². The average molecular weight is 520 g/mol. The number of carbonyl (C=O) groups excluding carboxylic acids is 1. The van der Waals surface area contributed by atoms with Crippen molar-refractivity contribution in [1.82, 2.24) is 14.7 Å². The Morgan fingerprint density at radius 2 is 1.97 bits per heavy atom. The third-order valence-electron chi connectivity index (χ3n) is 6.15. The van der Waals surface area contributed by atoms with E-state index in [0.29, 0.717) is 28.6 Å². The lowest BCUT2D eigenvalue weighted by atomic mass is 9.88. The fraction of sp³-hybridized carbons (Fsp3) is 0.259. The number of esters is 1. The van der Waals surface area contributed by atoms with Crippen LogP contribution in [0.3, 0.4) is 0 Å². The molecule has 190 valence electrons. The average Bonchev–Trinajstić information content (AvgIpc) is 3.58. The van der Waals surface area contributed by atoms with Crippen LogP contribution in [-0.2, 0) is 16.1 Å². The Labute approximate surface area is 216 Å². The summed E-state index contributed by atoms with van der Waals surface area (Å²) in [5.74, 6) is 1.06. The van der Waals surface area contributed by atoms with Gasteiger partial charge in [0.15, 0.2) is 5.76 Å². The minimum atomic E-state index is -0.653. The number of aromatic nitrogens is 3. The van der Waals surface area contributed by atoms with Gasteiger partial charge in [0.25, 0.3) is 5.56 Å². The van der Waals surface area contributed by atoms with Crippen LogP contribution in [0, 0.1) is 6.92 Å². The van der Waals surface area contributed by atoms with E-state index < -0.39 is 11.9 Å². The van der Waals surface area contributed by atoms with Crippen LogP contribution in [0.1, 0.15) is 41.8 Å². The monoisotopic (exact) mass is 519 g/mol. The SMILES string of the molecule is CCOC(=O)C1=C(C)Oc2nc(C)n(Cc3cc(-c4ccc(OC)cc4)no3)c(=O)c2C1c1cccs1. The van der Waals surface area contributed by atoms with E-state index in [2.05, 4.69) is 10.1 Å². The van der Waals surface area contributed by atoms with Crippen molar-refractivity contribution < 1.29 is 23.5 Å². The predicted octanol–water partition coefficient (Wildman–Crippen LogP) is 4.69. The van der Waals surface area contributed by atoms with Gasteiger partial charge in [0.2, 0.25) is 5.88 Å². The maximum Gasteiger partial charge on any atom is 0.338 e. The molecule has 0 N–H and O–H groups in total.